The Kier molecular flexibility index (Phi) is 10.3. The average Bonchev–Trinajstić information content (AvgIpc) is 3.27. The molecule has 40 heavy (non-hydrogen) atoms. The Hall–Kier alpha value is -3.88. The topological polar surface area (TPSA) is 139 Å². The Morgan fingerprint density at radius 3 is 2.73 bits per heavy atom. The summed E-state index contributed by atoms with van der Waals surface area (Å²) in [5, 5.41) is 3.74. The highest BCUT2D eigenvalue weighted by Gasteiger charge is 2.37. The van der Waals surface area contributed by atoms with Crippen molar-refractivity contribution in [1.29, 1.82) is 0 Å². The van der Waals surface area contributed by atoms with E-state index in [1.807, 2.05) is 25.2 Å². The molecule has 3 unspecified atom stereocenters. The summed E-state index contributed by atoms with van der Waals surface area (Å²) in [6, 6.07) is -0.646. The Labute approximate surface area is 234 Å². The lowest BCUT2D eigenvalue weighted by Gasteiger charge is -2.32. The molecule has 1 N–H and O–H groups in total. The van der Waals surface area contributed by atoms with Crippen molar-refractivity contribution in [2.24, 2.45) is 10.5 Å². The van der Waals surface area contributed by atoms with Crippen molar-refractivity contribution in [2.45, 2.75) is 85.6 Å². The number of allylic oxidation sites excluding steroid dienone is 9. The summed E-state index contributed by atoms with van der Waals surface area (Å²) in [4.78, 5) is 41.4. The van der Waals surface area contributed by atoms with E-state index in [0.29, 0.717) is 11.1 Å². The molecule has 1 aliphatic heterocycles. The molecule has 10 heteroatoms. The van der Waals surface area contributed by atoms with Crippen molar-refractivity contribution in [3.63, 3.8) is 0 Å². The Morgan fingerprint density at radius 1 is 1.27 bits per heavy atom. The van der Waals surface area contributed by atoms with E-state index in [4.69, 9.17) is 15.0 Å². The largest absolute Gasteiger partial charge is 0.460 e. The first kappa shape index (κ1) is 30.7. The molecule has 0 radical (unpaired) electrons. The van der Waals surface area contributed by atoms with Crippen LogP contribution in [-0.4, -0.2) is 34.3 Å². The van der Waals surface area contributed by atoms with Gasteiger partial charge >= 0.3 is 11.7 Å². The highest BCUT2D eigenvalue weighted by atomic mass is 16.6. The van der Waals surface area contributed by atoms with Crippen LogP contribution < -0.4 is 11.2 Å². The van der Waals surface area contributed by atoms with Crippen LogP contribution in [-0.2, 0) is 14.3 Å². The van der Waals surface area contributed by atoms with Crippen LogP contribution in [0.5, 0.6) is 0 Å². The lowest BCUT2D eigenvalue weighted by Crippen LogP contribution is -2.33. The number of esters is 1. The van der Waals surface area contributed by atoms with Crippen LogP contribution in [0.2, 0.25) is 0 Å². The van der Waals surface area contributed by atoms with Gasteiger partial charge in [0.2, 0.25) is 0 Å². The molecule has 0 aromatic carbocycles. The van der Waals surface area contributed by atoms with Gasteiger partial charge in [0, 0.05) is 29.2 Å². The number of aromatic amines is 1. The predicted octanol–water partition coefficient (Wildman–Crippen LogP) is 5.89. The first-order chi connectivity index (χ1) is 18.9. The molecule has 1 aliphatic carbocycles. The number of nitrogens with one attached hydrogen (secondary N) is 1. The lowest BCUT2D eigenvalue weighted by atomic mass is 9.72. The fourth-order valence-electron chi connectivity index (χ4n) is 5.10. The van der Waals surface area contributed by atoms with E-state index in [1.54, 1.807) is 13.8 Å². The summed E-state index contributed by atoms with van der Waals surface area (Å²) in [6.07, 6.45) is 15.1. The van der Waals surface area contributed by atoms with Gasteiger partial charge in [0.15, 0.2) is 0 Å². The predicted molar refractivity (Wildman–Crippen MR) is 155 cm³/mol. The van der Waals surface area contributed by atoms with Crippen LogP contribution in [0.4, 0.5) is 0 Å². The fraction of sp³-hybridized carbons (Fsp3) is 0.500. The molecule has 1 aromatic rings. The summed E-state index contributed by atoms with van der Waals surface area (Å²) in [5.41, 5.74) is 13.0. The minimum atomic E-state index is -0.768. The molecule has 0 spiro atoms. The molecule has 10 nitrogen and oxygen atoms in total. The number of carbonyl (C=O) groups excluding carboxylic acids is 1. The summed E-state index contributed by atoms with van der Waals surface area (Å²) in [7, 11) is 0. The summed E-state index contributed by atoms with van der Waals surface area (Å²) >= 11 is 0. The van der Waals surface area contributed by atoms with E-state index in [2.05, 4.69) is 47.9 Å². The molecule has 1 aromatic heterocycles. The van der Waals surface area contributed by atoms with Gasteiger partial charge in [-0.1, -0.05) is 60.5 Å². The van der Waals surface area contributed by atoms with Crippen LogP contribution in [0.3, 0.4) is 0 Å². The molecule has 1 saturated heterocycles. The highest BCUT2D eigenvalue weighted by molar-refractivity contribution is 5.83. The minimum absolute atomic E-state index is 0.154. The minimum Gasteiger partial charge on any atom is -0.460 e. The van der Waals surface area contributed by atoms with Gasteiger partial charge in [-0.25, -0.2) is 9.59 Å². The third-order valence-electron chi connectivity index (χ3n) is 7.37. The van der Waals surface area contributed by atoms with Crippen molar-refractivity contribution in [1.82, 2.24) is 9.55 Å². The monoisotopic (exact) mass is 549 g/mol. The van der Waals surface area contributed by atoms with Crippen LogP contribution >= 0.6 is 0 Å². The number of hydrogen-bond donors (Lipinski definition) is 1. The molecular formula is C30H39N5O5. The number of aryl methyl sites for hydroxylation is 1. The quantitative estimate of drug-likeness (QED) is 0.102. The number of aromatic nitrogens is 2. The van der Waals surface area contributed by atoms with Gasteiger partial charge in [-0.3, -0.25) is 14.3 Å². The van der Waals surface area contributed by atoms with Crippen LogP contribution in [0.15, 0.2) is 79.6 Å². The fourth-order valence-corrected chi connectivity index (χ4v) is 5.10. The van der Waals surface area contributed by atoms with E-state index in [-0.39, 0.29) is 18.4 Å². The van der Waals surface area contributed by atoms with Crippen LogP contribution in [0, 0.1) is 12.3 Å². The van der Waals surface area contributed by atoms with Gasteiger partial charge in [0.05, 0.1) is 6.04 Å². The second-order valence-corrected chi connectivity index (χ2v) is 11.2. The zero-order valence-electron chi connectivity index (χ0n) is 24.1. The third-order valence-corrected chi connectivity index (χ3v) is 7.37. The van der Waals surface area contributed by atoms with Crippen molar-refractivity contribution < 1.29 is 14.3 Å². The van der Waals surface area contributed by atoms with E-state index in [0.717, 1.165) is 12.0 Å². The Morgan fingerprint density at radius 2 is 2.02 bits per heavy atom. The van der Waals surface area contributed by atoms with Gasteiger partial charge in [-0.2, -0.15) is 0 Å². The third kappa shape index (κ3) is 8.07. The second kappa shape index (κ2) is 13.5. The zero-order valence-corrected chi connectivity index (χ0v) is 24.1. The van der Waals surface area contributed by atoms with Gasteiger partial charge in [-0.05, 0) is 69.0 Å². The van der Waals surface area contributed by atoms with Gasteiger partial charge < -0.3 is 9.47 Å². The molecule has 0 bridgehead atoms. The first-order valence-corrected chi connectivity index (χ1v) is 13.5. The maximum atomic E-state index is 12.4. The van der Waals surface area contributed by atoms with Gasteiger partial charge in [0.1, 0.15) is 18.9 Å². The van der Waals surface area contributed by atoms with E-state index in [9.17, 15) is 14.4 Å². The van der Waals surface area contributed by atoms with Crippen LogP contribution in [0.1, 0.15) is 72.1 Å². The smallest absolute Gasteiger partial charge is 0.331 e. The highest BCUT2D eigenvalue weighted by Crippen LogP contribution is 2.40. The maximum absolute atomic E-state index is 12.4. The molecule has 3 atom stereocenters. The normalized spacial score (nSPS) is 23.6. The van der Waals surface area contributed by atoms with Gasteiger partial charge in [0.25, 0.3) is 5.56 Å². The summed E-state index contributed by atoms with van der Waals surface area (Å²) in [6.45, 7) is 12.1. The SMILES string of the molecule is CC1=C(/C=C/C(C)=C/C=C/C(C)=C/C(=O)OCC2OC(n3cc(C)c(=O)[nH]c3=O)CC2N=[N+]=[N-])C(C)(C)CCC1. The molecule has 2 heterocycles. The number of H-pyrrole nitrogens is 1. The molecular weight excluding hydrogens is 510 g/mol. The molecule has 1 fully saturated rings. The number of ether oxygens (including phenoxy) is 2. The summed E-state index contributed by atoms with van der Waals surface area (Å²) < 4.78 is 12.5. The van der Waals surface area contributed by atoms with Crippen molar-refractivity contribution >= 4 is 5.97 Å². The molecule has 3 rings (SSSR count). The first-order valence-electron chi connectivity index (χ1n) is 13.5. The number of hydrogen-bond acceptors (Lipinski definition) is 6. The van der Waals surface area contributed by atoms with Crippen molar-refractivity contribution in [3.8, 4) is 0 Å². The Balaban J connectivity index is 1.58. The van der Waals surface area contributed by atoms with Crippen molar-refractivity contribution in [3.05, 3.63) is 102 Å². The second-order valence-electron chi connectivity index (χ2n) is 11.2. The molecule has 0 saturated carbocycles. The standard InChI is InChI=1S/C30H39N5O5/c1-19(12-13-23-21(3)11-8-14-30(23,5)6)9-7-10-20(2)15-27(36)39-18-25-24(33-34-31)16-26(40-25)35-17-22(4)28(37)32-29(35)38/h7,9-10,12-13,15,17,24-26H,8,11,14,16,18H2,1-6H3,(H,32,37,38)/b10-7+,13-12+,19-9+,20-15+. The number of rotatable bonds is 9. The molecule has 214 valence electrons. The van der Waals surface area contributed by atoms with E-state index >= 15 is 0 Å². The van der Waals surface area contributed by atoms with E-state index < -0.39 is 35.6 Å². The Bertz CT molecular complexity index is 1430. The number of azide groups is 1. The van der Waals surface area contributed by atoms with E-state index in [1.165, 1.54) is 40.8 Å². The zero-order chi connectivity index (χ0) is 29.4. The van der Waals surface area contributed by atoms with Gasteiger partial charge in [-0.15, -0.1) is 0 Å². The average molecular weight is 550 g/mol. The number of carbonyl (C=O) groups is 1. The molecule has 0 amide bonds. The van der Waals surface area contributed by atoms with Crippen molar-refractivity contribution in [2.75, 3.05) is 6.61 Å². The summed E-state index contributed by atoms with van der Waals surface area (Å²) in [5.74, 6) is -0.562. The maximum Gasteiger partial charge on any atom is 0.331 e. The van der Waals surface area contributed by atoms with Crippen LogP contribution in [0.25, 0.3) is 10.4 Å². The number of nitrogens with zero attached hydrogens (tertiary/aromatic N) is 4. The lowest BCUT2D eigenvalue weighted by molar-refractivity contribution is -0.142. The molecule has 2 aliphatic rings.